The summed E-state index contributed by atoms with van der Waals surface area (Å²) in [4.78, 5) is 6.41. The van der Waals surface area contributed by atoms with Crippen molar-refractivity contribution >= 4 is 38.5 Å². The molecule has 0 bridgehead atoms. The lowest BCUT2D eigenvalue weighted by Crippen LogP contribution is -2.45. The van der Waals surface area contributed by atoms with Gasteiger partial charge in [-0.05, 0) is 28.1 Å². The molecule has 0 spiro atoms. The second kappa shape index (κ2) is 4.52. The molecular weight excluding hydrogens is 358 g/mol. The summed E-state index contributed by atoms with van der Waals surface area (Å²) < 4.78 is 66.4. The molecule has 9 heteroatoms. The van der Waals surface area contributed by atoms with Crippen molar-refractivity contribution in [2.45, 2.75) is 11.7 Å². The third kappa shape index (κ3) is 2.06. The Morgan fingerprint density at radius 3 is 2.05 bits per heavy atom. The molecule has 0 aliphatic carbocycles. The van der Waals surface area contributed by atoms with Gasteiger partial charge in [0.25, 0.3) is 0 Å². The van der Waals surface area contributed by atoms with E-state index in [0.29, 0.717) is 18.5 Å². The quantitative estimate of drug-likeness (QED) is 0.670. The van der Waals surface area contributed by atoms with Crippen molar-refractivity contribution in [1.29, 1.82) is 0 Å². The van der Waals surface area contributed by atoms with Gasteiger partial charge in [0.2, 0.25) is 5.54 Å². The summed E-state index contributed by atoms with van der Waals surface area (Å²) in [5.41, 5.74) is -4.49. The number of aliphatic imine (C=N–C) groups is 2. The third-order valence-electron chi connectivity index (χ3n) is 2.50. The van der Waals surface area contributed by atoms with Crippen LogP contribution in [0.4, 0.5) is 22.0 Å². The van der Waals surface area contributed by atoms with Gasteiger partial charge in [-0.2, -0.15) is 13.2 Å². The molecule has 1 aromatic carbocycles. The van der Waals surface area contributed by atoms with E-state index >= 15 is 0 Å². The number of hydrogen-bond donors (Lipinski definition) is 0. The van der Waals surface area contributed by atoms with E-state index in [1.165, 1.54) is 0 Å². The van der Waals surface area contributed by atoms with Crippen LogP contribution in [0, 0.1) is 11.6 Å². The first kappa shape index (κ1) is 14.4. The average molecular weight is 361 g/mol. The van der Waals surface area contributed by atoms with Crippen molar-refractivity contribution in [1.82, 2.24) is 0 Å². The molecule has 1 aliphatic heterocycles. The minimum Gasteiger partial charge on any atom is -0.245 e. The molecule has 19 heavy (non-hydrogen) atoms. The predicted octanol–water partition coefficient (Wildman–Crippen LogP) is 4.21. The maximum absolute atomic E-state index is 13.7. The SMILES string of the molecule is Fc1cc(Cl)cc(F)c1C1(C(F)(F)F)N=CN=C1Br. The lowest BCUT2D eigenvalue weighted by molar-refractivity contribution is -0.167. The van der Waals surface area contributed by atoms with Gasteiger partial charge in [0.1, 0.15) is 22.6 Å². The maximum Gasteiger partial charge on any atom is 0.424 e. The van der Waals surface area contributed by atoms with Gasteiger partial charge in [-0.15, -0.1) is 0 Å². The van der Waals surface area contributed by atoms with Crippen LogP contribution >= 0.6 is 27.5 Å². The molecular formula is C10H3BrClF5N2. The summed E-state index contributed by atoms with van der Waals surface area (Å²) in [6.45, 7) is 0. The zero-order chi connectivity index (χ0) is 14.4. The van der Waals surface area contributed by atoms with E-state index in [0.717, 1.165) is 0 Å². The highest BCUT2D eigenvalue weighted by molar-refractivity contribution is 9.18. The van der Waals surface area contributed by atoms with Crippen LogP contribution in [0.2, 0.25) is 5.02 Å². The Morgan fingerprint density at radius 2 is 1.68 bits per heavy atom. The van der Waals surface area contributed by atoms with E-state index in [9.17, 15) is 22.0 Å². The minimum atomic E-state index is -5.07. The average Bonchev–Trinajstić information content (AvgIpc) is 2.59. The standard InChI is InChI=1S/C10H3BrClF5N2/c11-8-9(10(15,16)17,19-3-18-8)7-5(13)1-4(12)2-6(7)14/h1-3H. The van der Waals surface area contributed by atoms with Crippen molar-refractivity contribution < 1.29 is 22.0 Å². The molecule has 1 aliphatic rings. The van der Waals surface area contributed by atoms with E-state index in [1.807, 2.05) is 0 Å². The molecule has 2 rings (SSSR count). The number of benzene rings is 1. The van der Waals surface area contributed by atoms with Crippen LogP contribution in [0.5, 0.6) is 0 Å². The Labute approximate surface area is 117 Å². The van der Waals surface area contributed by atoms with Gasteiger partial charge in [0, 0.05) is 5.02 Å². The van der Waals surface area contributed by atoms with Crippen LogP contribution in [-0.4, -0.2) is 17.1 Å². The van der Waals surface area contributed by atoms with Crippen LogP contribution in [0.15, 0.2) is 22.1 Å². The van der Waals surface area contributed by atoms with E-state index < -0.39 is 33.5 Å². The molecule has 1 unspecified atom stereocenters. The number of nitrogens with zero attached hydrogens (tertiary/aromatic N) is 2. The highest BCUT2D eigenvalue weighted by atomic mass is 79.9. The Bertz CT molecular complexity index is 575. The summed E-state index contributed by atoms with van der Waals surface area (Å²) in [6, 6.07) is 1.17. The summed E-state index contributed by atoms with van der Waals surface area (Å²) in [5.74, 6) is -2.90. The van der Waals surface area contributed by atoms with Gasteiger partial charge in [-0.1, -0.05) is 11.6 Å². The second-order valence-electron chi connectivity index (χ2n) is 3.62. The van der Waals surface area contributed by atoms with E-state index in [4.69, 9.17) is 11.6 Å². The summed E-state index contributed by atoms with van der Waals surface area (Å²) in [7, 11) is 0. The zero-order valence-electron chi connectivity index (χ0n) is 8.77. The monoisotopic (exact) mass is 360 g/mol. The van der Waals surface area contributed by atoms with E-state index in [-0.39, 0.29) is 5.02 Å². The van der Waals surface area contributed by atoms with Crippen molar-refractivity contribution in [2.24, 2.45) is 9.98 Å². The Balaban J connectivity index is 2.80. The molecule has 1 atom stereocenters. The highest BCUT2D eigenvalue weighted by Crippen LogP contribution is 2.48. The van der Waals surface area contributed by atoms with Gasteiger partial charge in [-0.3, -0.25) is 0 Å². The van der Waals surface area contributed by atoms with Crippen LogP contribution in [0.1, 0.15) is 5.56 Å². The Hall–Kier alpha value is -1.02. The Kier molecular flexibility index (Phi) is 3.42. The van der Waals surface area contributed by atoms with Gasteiger partial charge >= 0.3 is 6.18 Å². The molecule has 0 fully saturated rings. The number of halogens is 7. The van der Waals surface area contributed by atoms with E-state index in [1.54, 1.807) is 0 Å². The molecule has 2 nitrogen and oxygen atoms in total. The smallest absolute Gasteiger partial charge is 0.245 e. The largest absolute Gasteiger partial charge is 0.424 e. The van der Waals surface area contributed by atoms with Crippen LogP contribution < -0.4 is 0 Å². The fourth-order valence-corrected chi connectivity index (χ4v) is 2.51. The second-order valence-corrected chi connectivity index (χ2v) is 4.80. The summed E-state index contributed by atoms with van der Waals surface area (Å²) >= 11 is 7.94. The van der Waals surface area contributed by atoms with Gasteiger partial charge in [-0.25, -0.2) is 18.8 Å². The third-order valence-corrected chi connectivity index (χ3v) is 3.50. The molecule has 0 radical (unpaired) electrons. The van der Waals surface area contributed by atoms with Crippen LogP contribution in [-0.2, 0) is 5.54 Å². The van der Waals surface area contributed by atoms with Crippen molar-refractivity contribution in [3.63, 3.8) is 0 Å². The van der Waals surface area contributed by atoms with Crippen molar-refractivity contribution in [2.75, 3.05) is 0 Å². The molecule has 1 aromatic rings. The summed E-state index contributed by atoms with van der Waals surface area (Å²) in [5, 5.41) is -0.355. The molecule has 0 amide bonds. The number of rotatable bonds is 1. The zero-order valence-corrected chi connectivity index (χ0v) is 11.1. The Morgan fingerprint density at radius 1 is 1.16 bits per heavy atom. The van der Waals surface area contributed by atoms with E-state index in [2.05, 4.69) is 25.9 Å². The lowest BCUT2D eigenvalue weighted by Gasteiger charge is -2.29. The van der Waals surface area contributed by atoms with Gasteiger partial charge < -0.3 is 0 Å². The fraction of sp³-hybridized carbons (Fsp3) is 0.200. The lowest BCUT2D eigenvalue weighted by atomic mass is 9.90. The highest BCUT2D eigenvalue weighted by Gasteiger charge is 2.63. The minimum absolute atomic E-state index is 0.355. The van der Waals surface area contributed by atoms with Crippen LogP contribution in [0.25, 0.3) is 0 Å². The normalized spacial score (nSPS) is 22.8. The topological polar surface area (TPSA) is 24.7 Å². The molecule has 0 N–H and O–H groups in total. The van der Waals surface area contributed by atoms with Gasteiger partial charge in [0.05, 0.1) is 5.56 Å². The molecule has 1 heterocycles. The van der Waals surface area contributed by atoms with Crippen LogP contribution in [0.3, 0.4) is 0 Å². The predicted molar refractivity (Wildman–Crippen MR) is 64.0 cm³/mol. The first-order chi connectivity index (χ1) is 8.70. The number of alkyl halides is 3. The molecule has 102 valence electrons. The molecule has 0 aromatic heterocycles. The van der Waals surface area contributed by atoms with Gasteiger partial charge in [0.15, 0.2) is 0 Å². The molecule has 0 saturated heterocycles. The van der Waals surface area contributed by atoms with Crippen molar-refractivity contribution in [3.05, 3.63) is 34.4 Å². The first-order valence-electron chi connectivity index (χ1n) is 4.69. The maximum atomic E-state index is 13.7. The van der Waals surface area contributed by atoms with Crippen molar-refractivity contribution in [3.8, 4) is 0 Å². The summed E-state index contributed by atoms with van der Waals surface area (Å²) in [6.07, 6.45) is -4.48. The number of hydrogen-bond acceptors (Lipinski definition) is 2. The first-order valence-corrected chi connectivity index (χ1v) is 5.86. The molecule has 0 saturated carbocycles. The fourth-order valence-electron chi connectivity index (χ4n) is 1.70.